The van der Waals surface area contributed by atoms with Gasteiger partial charge in [0.05, 0.1) is 12.7 Å². The molecule has 22 heavy (non-hydrogen) atoms. The third-order valence-electron chi connectivity index (χ3n) is 2.33. The minimum atomic E-state index is -1.11. The van der Waals surface area contributed by atoms with Crippen molar-refractivity contribution in [3.63, 3.8) is 0 Å². The second-order valence-electron chi connectivity index (χ2n) is 4.49. The predicted octanol–water partition coefficient (Wildman–Crippen LogP) is 3.00. The smallest absolute Gasteiger partial charge is 0.338 e. The average Bonchev–Trinajstić information content (AvgIpc) is 2.48. The molecule has 0 saturated heterocycles. The van der Waals surface area contributed by atoms with E-state index in [2.05, 4.69) is 22.6 Å². The largest absolute Gasteiger partial charge is 0.478 e. The van der Waals surface area contributed by atoms with Crippen LogP contribution in [0.25, 0.3) is 0 Å². The molecule has 0 rings (SSSR count). The van der Waals surface area contributed by atoms with Gasteiger partial charge in [-0.1, -0.05) is 26.5 Å². The second-order valence-corrected chi connectivity index (χ2v) is 4.49. The Kier molecular flexibility index (Phi) is 12.3. The fourth-order valence-corrected chi connectivity index (χ4v) is 0.942. The van der Waals surface area contributed by atoms with Crippen LogP contribution >= 0.6 is 0 Å². The SMILES string of the molecule is C=C(C)C(=O)OC.C=C(CCCC)C(=O)OC=C(C)C(=O)O. The first-order chi connectivity index (χ1) is 10.2. The van der Waals surface area contributed by atoms with E-state index in [0.717, 1.165) is 19.1 Å². The Morgan fingerprint density at radius 3 is 2.00 bits per heavy atom. The van der Waals surface area contributed by atoms with Crippen molar-refractivity contribution in [1.29, 1.82) is 0 Å². The normalized spacial score (nSPS) is 9.91. The quantitative estimate of drug-likeness (QED) is 0.441. The molecule has 0 unspecified atom stereocenters. The van der Waals surface area contributed by atoms with Crippen LogP contribution in [0, 0.1) is 0 Å². The number of esters is 2. The molecule has 0 aromatic heterocycles. The maximum absolute atomic E-state index is 11.2. The Bertz CT molecular complexity index is 459. The molecule has 0 radical (unpaired) electrons. The fraction of sp³-hybridized carbons (Fsp3) is 0.438. The van der Waals surface area contributed by atoms with Crippen molar-refractivity contribution < 1.29 is 29.0 Å². The van der Waals surface area contributed by atoms with E-state index in [1.807, 2.05) is 6.92 Å². The highest BCUT2D eigenvalue weighted by atomic mass is 16.5. The first-order valence-electron chi connectivity index (χ1n) is 6.69. The number of hydrogen-bond donors (Lipinski definition) is 1. The van der Waals surface area contributed by atoms with Gasteiger partial charge in [-0.05, 0) is 26.7 Å². The van der Waals surface area contributed by atoms with E-state index in [1.54, 1.807) is 6.92 Å². The number of rotatable bonds is 7. The Morgan fingerprint density at radius 1 is 1.14 bits per heavy atom. The van der Waals surface area contributed by atoms with Crippen LogP contribution in [-0.4, -0.2) is 30.1 Å². The molecule has 0 aliphatic carbocycles. The Labute approximate surface area is 131 Å². The highest BCUT2D eigenvalue weighted by molar-refractivity contribution is 5.89. The van der Waals surface area contributed by atoms with E-state index in [4.69, 9.17) is 5.11 Å². The number of ether oxygens (including phenoxy) is 2. The van der Waals surface area contributed by atoms with E-state index in [-0.39, 0.29) is 11.5 Å². The molecule has 0 saturated carbocycles. The van der Waals surface area contributed by atoms with Crippen LogP contribution in [0.2, 0.25) is 0 Å². The van der Waals surface area contributed by atoms with Gasteiger partial charge in [0.25, 0.3) is 0 Å². The minimum Gasteiger partial charge on any atom is -0.478 e. The zero-order valence-electron chi connectivity index (χ0n) is 13.6. The van der Waals surface area contributed by atoms with Crippen LogP contribution in [0.3, 0.4) is 0 Å². The minimum absolute atomic E-state index is 0.0216. The topological polar surface area (TPSA) is 89.9 Å². The van der Waals surface area contributed by atoms with Crippen LogP contribution in [0.4, 0.5) is 0 Å². The third kappa shape index (κ3) is 11.5. The lowest BCUT2D eigenvalue weighted by Crippen LogP contribution is -2.05. The van der Waals surface area contributed by atoms with Crippen molar-refractivity contribution in [2.75, 3.05) is 7.11 Å². The predicted molar refractivity (Wildman–Crippen MR) is 83.0 cm³/mol. The van der Waals surface area contributed by atoms with Gasteiger partial charge in [0, 0.05) is 11.1 Å². The van der Waals surface area contributed by atoms with Crippen molar-refractivity contribution in [3.8, 4) is 0 Å². The number of aliphatic carboxylic acids is 1. The van der Waals surface area contributed by atoms with E-state index in [9.17, 15) is 14.4 Å². The molecular formula is C16H24O6. The van der Waals surface area contributed by atoms with Crippen LogP contribution in [0.15, 0.2) is 36.1 Å². The van der Waals surface area contributed by atoms with Crippen molar-refractivity contribution in [1.82, 2.24) is 0 Å². The number of carbonyl (C=O) groups excluding carboxylic acids is 2. The summed E-state index contributed by atoms with van der Waals surface area (Å²) >= 11 is 0. The molecule has 0 fully saturated rings. The summed E-state index contributed by atoms with van der Waals surface area (Å²) in [6, 6.07) is 0. The number of carbonyl (C=O) groups is 3. The molecule has 0 aromatic rings. The van der Waals surface area contributed by atoms with E-state index < -0.39 is 11.9 Å². The molecule has 0 spiro atoms. The summed E-state index contributed by atoms with van der Waals surface area (Å²) in [5.74, 6) is -2.02. The van der Waals surface area contributed by atoms with Crippen LogP contribution in [0.1, 0.15) is 40.0 Å². The number of methoxy groups -OCH3 is 1. The van der Waals surface area contributed by atoms with Crippen molar-refractivity contribution in [2.24, 2.45) is 0 Å². The van der Waals surface area contributed by atoms with Gasteiger partial charge in [-0.3, -0.25) is 0 Å². The average molecular weight is 312 g/mol. The van der Waals surface area contributed by atoms with Gasteiger partial charge < -0.3 is 14.6 Å². The van der Waals surface area contributed by atoms with Gasteiger partial charge in [-0.15, -0.1) is 0 Å². The Balaban J connectivity index is 0. The number of unbranched alkanes of at least 4 members (excludes halogenated alkanes) is 1. The molecule has 0 aromatic carbocycles. The molecule has 6 nitrogen and oxygen atoms in total. The zero-order valence-corrected chi connectivity index (χ0v) is 13.6. The summed E-state index contributed by atoms with van der Waals surface area (Å²) in [6.45, 7) is 11.9. The van der Waals surface area contributed by atoms with Crippen LogP contribution in [0.5, 0.6) is 0 Å². The molecule has 0 aliphatic rings. The van der Waals surface area contributed by atoms with Gasteiger partial charge >= 0.3 is 17.9 Å². The highest BCUT2D eigenvalue weighted by Gasteiger charge is 2.08. The summed E-state index contributed by atoms with van der Waals surface area (Å²) in [5.41, 5.74) is 0.778. The molecular weight excluding hydrogens is 288 g/mol. The molecule has 0 bridgehead atoms. The molecule has 0 heterocycles. The van der Waals surface area contributed by atoms with E-state index in [1.165, 1.54) is 14.0 Å². The van der Waals surface area contributed by atoms with Gasteiger partial charge in [0.2, 0.25) is 0 Å². The second kappa shape index (κ2) is 12.4. The number of carboxylic acids is 1. The summed E-state index contributed by atoms with van der Waals surface area (Å²) in [7, 11) is 1.33. The number of hydrogen-bond acceptors (Lipinski definition) is 5. The van der Waals surface area contributed by atoms with Crippen molar-refractivity contribution >= 4 is 17.9 Å². The van der Waals surface area contributed by atoms with Gasteiger partial charge in [-0.25, -0.2) is 14.4 Å². The molecule has 0 atom stereocenters. The Morgan fingerprint density at radius 2 is 1.68 bits per heavy atom. The van der Waals surface area contributed by atoms with Crippen LogP contribution < -0.4 is 0 Å². The zero-order chi connectivity index (χ0) is 17.7. The van der Waals surface area contributed by atoms with Crippen molar-refractivity contribution in [3.05, 3.63) is 36.1 Å². The fourth-order valence-electron chi connectivity index (χ4n) is 0.942. The third-order valence-corrected chi connectivity index (χ3v) is 2.33. The van der Waals surface area contributed by atoms with Gasteiger partial charge in [-0.2, -0.15) is 0 Å². The lowest BCUT2D eigenvalue weighted by atomic mass is 10.1. The van der Waals surface area contributed by atoms with Crippen molar-refractivity contribution in [2.45, 2.75) is 40.0 Å². The maximum Gasteiger partial charge on any atom is 0.338 e. The molecule has 6 heteroatoms. The summed E-state index contributed by atoms with van der Waals surface area (Å²) in [6.07, 6.45) is 3.35. The van der Waals surface area contributed by atoms with Gasteiger partial charge in [0.1, 0.15) is 6.26 Å². The first-order valence-corrected chi connectivity index (χ1v) is 6.69. The van der Waals surface area contributed by atoms with E-state index in [0.29, 0.717) is 17.6 Å². The molecule has 0 amide bonds. The molecule has 1 N–H and O–H groups in total. The summed E-state index contributed by atoms with van der Waals surface area (Å²) in [4.78, 5) is 31.8. The lowest BCUT2D eigenvalue weighted by molar-refractivity contribution is -0.136. The number of carboxylic acid groups (broad SMARTS) is 1. The monoisotopic (exact) mass is 312 g/mol. The summed E-state index contributed by atoms with van der Waals surface area (Å²) < 4.78 is 8.92. The Hall–Kier alpha value is -2.37. The lowest BCUT2D eigenvalue weighted by Gasteiger charge is -2.02. The molecule has 124 valence electrons. The summed E-state index contributed by atoms with van der Waals surface area (Å²) in [5, 5.41) is 8.49. The maximum atomic E-state index is 11.2. The highest BCUT2D eigenvalue weighted by Crippen LogP contribution is 2.07. The molecule has 0 aliphatic heterocycles. The van der Waals surface area contributed by atoms with Crippen LogP contribution in [-0.2, 0) is 23.9 Å². The standard InChI is InChI=1S/C11H16O4.C5H8O2/c1-4-5-6-8(2)11(14)15-7-9(3)10(12)13;1-4(2)5(6)7-3/h7H,2,4-6H2,1,3H3,(H,12,13);1H2,2-3H3. The van der Waals surface area contributed by atoms with Gasteiger partial charge in [0.15, 0.2) is 0 Å². The van der Waals surface area contributed by atoms with E-state index >= 15 is 0 Å². The first kappa shape index (κ1) is 21.9.